The Balaban J connectivity index is 1.63. The van der Waals surface area contributed by atoms with E-state index in [1.807, 2.05) is 31.2 Å². The van der Waals surface area contributed by atoms with Crippen molar-refractivity contribution < 1.29 is 18.7 Å². The van der Waals surface area contributed by atoms with Gasteiger partial charge in [0.25, 0.3) is 0 Å². The zero-order valence-corrected chi connectivity index (χ0v) is 14.3. The van der Waals surface area contributed by atoms with Gasteiger partial charge in [0.15, 0.2) is 17.6 Å². The molecule has 1 amide bonds. The number of hydrogen-bond acceptors (Lipinski definition) is 3. The fourth-order valence-corrected chi connectivity index (χ4v) is 2.88. The van der Waals surface area contributed by atoms with E-state index in [1.165, 1.54) is 12.1 Å². The molecular formula is C20H22FNO3. The first-order valence-corrected chi connectivity index (χ1v) is 8.56. The lowest BCUT2D eigenvalue weighted by Crippen LogP contribution is -2.44. The van der Waals surface area contributed by atoms with Gasteiger partial charge in [-0.2, -0.15) is 0 Å². The van der Waals surface area contributed by atoms with Gasteiger partial charge in [-0.05, 0) is 36.2 Å². The van der Waals surface area contributed by atoms with Crippen molar-refractivity contribution in [1.29, 1.82) is 0 Å². The van der Waals surface area contributed by atoms with Crippen LogP contribution in [0.5, 0.6) is 11.5 Å². The van der Waals surface area contributed by atoms with Crippen molar-refractivity contribution in [3.8, 4) is 11.5 Å². The van der Waals surface area contributed by atoms with Crippen LogP contribution in [0, 0.1) is 5.82 Å². The van der Waals surface area contributed by atoms with Crippen molar-refractivity contribution >= 4 is 5.91 Å². The molecule has 0 spiro atoms. The quantitative estimate of drug-likeness (QED) is 0.806. The Morgan fingerprint density at radius 1 is 1.16 bits per heavy atom. The van der Waals surface area contributed by atoms with E-state index >= 15 is 0 Å². The van der Waals surface area contributed by atoms with E-state index in [2.05, 4.69) is 0 Å². The van der Waals surface area contributed by atoms with Crippen LogP contribution in [0.1, 0.15) is 18.9 Å². The average molecular weight is 343 g/mol. The van der Waals surface area contributed by atoms with Crippen LogP contribution in [0.25, 0.3) is 0 Å². The van der Waals surface area contributed by atoms with Crippen LogP contribution in [-0.4, -0.2) is 36.6 Å². The summed E-state index contributed by atoms with van der Waals surface area (Å²) in [5.74, 6) is 1.16. The monoisotopic (exact) mass is 343 g/mol. The smallest absolute Gasteiger partial charge is 0.227 e. The number of rotatable bonds is 6. The molecule has 1 aliphatic heterocycles. The van der Waals surface area contributed by atoms with Gasteiger partial charge < -0.3 is 14.4 Å². The minimum Gasteiger partial charge on any atom is -0.486 e. The molecule has 4 nitrogen and oxygen atoms in total. The molecule has 1 aliphatic rings. The molecule has 0 radical (unpaired) electrons. The lowest BCUT2D eigenvalue weighted by molar-refractivity contribution is -0.132. The zero-order valence-electron chi connectivity index (χ0n) is 14.3. The first kappa shape index (κ1) is 17.3. The Kier molecular flexibility index (Phi) is 5.53. The minimum absolute atomic E-state index is 0.0101. The van der Waals surface area contributed by atoms with Crippen molar-refractivity contribution in [1.82, 2.24) is 4.90 Å². The van der Waals surface area contributed by atoms with Crippen molar-refractivity contribution in [3.05, 3.63) is 59.9 Å². The summed E-state index contributed by atoms with van der Waals surface area (Å²) in [6.07, 6.45) is 0.919. The van der Waals surface area contributed by atoms with E-state index in [9.17, 15) is 9.18 Å². The number of benzene rings is 2. The fourth-order valence-electron chi connectivity index (χ4n) is 2.88. The zero-order chi connectivity index (χ0) is 17.6. The summed E-state index contributed by atoms with van der Waals surface area (Å²) in [7, 11) is 0. The molecular weight excluding hydrogens is 321 g/mol. The number of carbonyl (C=O) groups excluding carboxylic acids is 1. The van der Waals surface area contributed by atoms with Crippen LogP contribution in [0.15, 0.2) is 48.5 Å². The largest absolute Gasteiger partial charge is 0.486 e. The van der Waals surface area contributed by atoms with E-state index in [-0.39, 0.29) is 24.2 Å². The van der Waals surface area contributed by atoms with Gasteiger partial charge in [-0.3, -0.25) is 4.79 Å². The lowest BCUT2D eigenvalue weighted by atomic mass is 10.1. The van der Waals surface area contributed by atoms with Gasteiger partial charge in [0, 0.05) is 6.54 Å². The SMILES string of the molecule is CCCN(CC1COc2ccccc2O1)C(=O)Cc1ccc(F)cc1. The van der Waals surface area contributed by atoms with E-state index < -0.39 is 0 Å². The van der Waals surface area contributed by atoms with Crippen molar-refractivity contribution in [2.24, 2.45) is 0 Å². The normalized spacial score (nSPS) is 15.7. The molecule has 1 unspecified atom stereocenters. The molecule has 2 aromatic carbocycles. The summed E-state index contributed by atoms with van der Waals surface area (Å²) in [4.78, 5) is 14.4. The number of hydrogen-bond donors (Lipinski definition) is 0. The Morgan fingerprint density at radius 2 is 1.88 bits per heavy atom. The molecule has 25 heavy (non-hydrogen) atoms. The molecule has 0 N–H and O–H groups in total. The second-order valence-electron chi connectivity index (χ2n) is 6.14. The molecule has 0 bridgehead atoms. The van der Waals surface area contributed by atoms with E-state index in [1.54, 1.807) is 17.0 Å². The Morgan fingerprint density at radius 3 is 2.60 bits per heavy atom. The second kappa shape index (κ2) is 8.01. The summed E-state index contributed by atoms with van der Waals surface area (Å²) < 4.78 is 24.7. The molecule has 0 aliphatic carbocycles. The molecule has 1 heterocycles. The van der Waals surface area contributed by atoms with E-state index in [0.717, 1.165) is 17.7 Å². The molecule has 5 heteroatoms. The van der Waals surface area contributed by atoms with Gasteiger partial charge in [-0.15, -0.1) is 0 Å². The molecule has 3 rings (SSSR count). The summed E-state index contributed by atoms with van der Waals surface area (Å²) in [5.41, 5.74) is 0.804. The van der Waals surface area contributed by atoms with Gasteiger partial charge in [0.05, 0.1) is 13.0 Å². The van der Waals surface area contributed by atoms with Gasteiger partial charge >= 0.3 is 0 Å². The number of nitrogens with zero attached hydrogens (tertiary/aromatic N) is 1. The maximum absolute atomic E-state index is 13.0. The van der Waals surface area contributed by atoms with Crippen LogP contribution < -0.4 is 9.47 Å². The molecule has 132 valence electrons. The fraction of sp³-hybridized carbons (Fsp3) is 0.350. The number of amides is 1. The Bertz CT molecular complexity index is 717. The predicted molar refractivity (Wildman–Crippen MR) is 93.3 cm³/mol. The number of fused-ring (bicyclic) bond motifs is 1. The summed E-state index contributed by atoms with van der Waals surface area (Å²) in [6, 6.07) is 13.6. The van der Waals surface area contributed by atoms with Crippen molar-refractivity contribution in [3.63, 3.8) is 0 Å². The summed E-state index contributed by atoms with van der Waals surface area (Å²) in [6.45, 7) is 3.58. The predicted octanol–water partition coefficient (Wildman–Crippen LogP) is 3.45. The molecule has 0 saturated heterocycles. The molecule has 0 fully saturated rings. The van der Waals surface area contributed by atoms with Crippen LogP contribution >= 0.6 is 0 Å². The average Bonchev–Trinajstić information content (AvgIpc) is 2.63. The highest BCUT2D eigenvalue weighted by molar-refractivity contribution is 5.78. The minimum atomic E-state index is -0.298. The molecule has 0 saturated carbocycles. The second-order valence-corrected chi connectivity index (χ2v) is 6.14. The topological polar surface area (TPSA) is 38.8 Å². The highest BCUT2D eigenvalue weighted by atomic mass is 19.1. The number of carbonyl (C=O) groups is 1. The highest BCUT2D eigenvalue weighted by Crippen LogP contribution is 2.31. The van der Waals surface area contributed by atoms with Crippen LogP contribution in [0.3, 0.4) is 0 Å². The van der Waals surface area contributed by atoms with Gasteiger partial charge in [-0.1, -0.05) is 31.2 Å². The van der Waals surface area contributed by atoms with Crippen molar-refractivity contribution in [2.75, 3.05) is 19.7 Å². The number of para-hydroxylation sites is 2. The highest BCUT2D eigenvalue weighted by Gasteiger charge is 2.25. The van der Waals surface area contributed by atoms with Crippen LogP contribution in [0.4, 0.5) is 4.39 Å². The maximum atomic E-state index is 13.0. The summed E-state index contributed by atoms with van der Waals surface area (Å²) >= 11 is 0. The lowest BCUT2D eigenvalue weighted by Gasteiger charge is -2.31. The Labute approximate surface area is 147 Å². The van der Waals surface area contributed by atoms with Crippen LogP contribution in [-0.2, 0) is 11.2 Å². The third-order valence-electron chi connectivity index (χ3n) is 4.11. The summed E-state index contributed by atoms with van der Waals surface area (Å²) in [5, 5.41) is 0. The molecule has 1 atom stereocenters. The Hall–Kier alpha value is -2.56. The molecule has 2 aromatic rings. The standard InChI is InChI=1S/C20H22FNO3/c1-2-11-22(20(23)12-15-7-9-16(21)10-8-15)13-17-14-24-18-5-3-4-6-19(18)25-17/h3-10,17H,2,11-14H2,1H3. The first-order valence-electron chi connectivity index (χ1n) is 8.56. The number of halogens is 1. The van der Waals surface area contributed by atoms with Crippen molar-refractivity contribution in [2.45, 2.75) is 25.9 Å². The van der Waals surface area contributed by atoms with Crippen LogP contribution in [0.2, 0.25) is 0 Å². The maximum Gasteiger partial charge on any atom is 0.227 e. The third kappa shape index (κ3) is 4.50. The number of ether oxygens (including phenoxy) is 2. The van der Waals surface area contributed by atoms with E-state index in [0.29, 0.717) is 25.4 Å². The van der Waals surface area contributed by atoms with E-state index in [4.69, 9.17) is 9.47 Å². The van der Waals surface area contributed by atoms with Gasteiger partial charge in [0.2, 0.25) is 5.91 Å². The third-order valence-corrected chi connectivity index (χ3v) is 4.11. The first-order chi connectivity index (χ1) is 12.2. The van der Waals surface area contributed by atoms with Gasteiger partial charge in [0.1, 0.15) is 12.4 Å². The molecule has 0 aromatic heterocycles. The van der Waals surface area contributed by atoms with Gasteiger partial charge in [-0.25, -0.2) is 4.39 Å².